The molecule has 2 aromatic rings. The molecule has 0 saturated heterocycles. The van der Waals surface area contributed by atoms with E-state index in [1.54, 1.807) is 12.1 Å². The number of thiophene rings is 1. The number of hydrogen-bond acceptors (Lipinski definition) is 4. The third-order valence-electron chi connectivity index (χ3n) is 2.42. The lowest BCUT2D eigenvalue weighted by molar-refractivity contribution is -0.136. The van der Waals surface area contributed by atoms with Gasteiger partial charge in [0.15, 0.2) is 0 Å². The van der Waals surface area contributed by atoms with Gasteiger partial charge in [-0.2, -0.15) is 5.10 Å². The number of carbonyl (C=O) groups is 2. The van der Waals surface area contributed by atoms with Gasteiger partial charge in [0.1, 0.15) is 0 Å². The summed E-state index contributed by atoms with van der Waals surface area (Å²) in [6.07, 6.45) is 1.49. The van der Waals surface area contributed by atoms with Crippen LogP contribution in [0.15, 0.2) is 46.9 Å². The molecule has 2 N–H and O–H groups in total. The van der Waals surface area contributed by atoms with Crippen molar-refractivity contribution in [1.29, 1.82) is 0 Å². The first-order chi connectivity index (χ1) is 9.65. The largest absolute Gasteiger partial charge is 0.329 e. The van der Waals surface area contributed by atoms with Gasteiger partial charge in [-0.15, -0.1) is 11.3 Å². The molecule has 0 unspecified atom stereocenters. The van der Waals surface area contributed by atoms with Crippen molar-refractivity contribution in [3.8, 4) is 0 Å². The number of anilines is 1. The lowest BCUT2D eigenvalue weighted by Crippen LogP contribution is -2.32. The van der Waals surface area contributed by atoms with Gasteiger partial charge in [-0.1, -0.05) is 23.8 Å². The van der Waals surface area contributed by atoms with E-state index in [1.165, 1.54) is 17.6 Å². The minimum absolute atomic E-state index is 0.568. The molecule has 102 valence electrons. The van der Waals surface area contributed by atoms with E-state index in [-0.39, 0.29) is 0 Å². The zero-order valence-electron chi connectivity index (χ0n) is 10.8. The molecule has 2 amide bonds. The van der Waals surface area contributed by atoms with E-state index in [2.05, 4.69) is 15.8 Å². The molecule has 0 aliphatic heterocycles. The van der Waals surface area contributed by atoms with Crippen molar-refractivity contribution >= 4 is 35.1 Å². The smallest absolute Gasteiger partial charge is 0.318 e. The number of hydrogen-bond donors (Lipinski definition) is 2. The van der Waals surface area contributed by atoms with Crippen LogP contribution in [0.1, 0.15) is 10.4 Å². The Morgan fingerprint density at radius 1 is 1.15 bits per heavy atom. The Balaban J connectivity index is 1.86. The topological polar surface area (TPSA) is 70.6 Å². The van der Waals surface area contributed by atoms with Gasteiger partial charge < -0.3 is 5.32 Å². The van der Waals surface area contributed by atoms with Crippen molar-refractivity contribution in [2.45, 2.75) is 6.92 Å². The van der Waals surface area contributed by atoms with Gasteiger partial charge >= 0.3 is 11.8 Å². The van der Waals surface area contributed by atoms with E-state index in [1.807, 2.05) is 36.6 Å². The van der Waals surface area contributed by atoms with Gasteiger partial charge in [0, 0.05) is 10.6 Å². The van der Waals surface area contributed by atoms with Gasteiger partial charge in [-0.3, -0.25) is 9.59 Å². The lowest BCUT2D eigenvalue weighted by atomic mass is 10.2. The molecule has 5 nitrogen and oxygen atoms in total. The Labute approximate surface area is 120 Å². The van der Waals surface area contributed by atoms with E-state index in [0.717, 1.165) is 10.4 Å². The van der Waals surface area contributed by atoms with Crippen molar-refractivity contribution in [3.05, 3.63) is 52.2 Å². The van der Waals surface area contributed by atoms with E-state index < -0.39 is 11.8 Å². The third kappa shape index (κ3) is 4.03. The van der Waals surface area contributed by atoms with Crippen LogP contribution in [0.2, 0.25) is 0 Å². The number of benzene rings is 1. The molecule has 0 radical (unpaired) electrons. The van der Waals surface area contributed by atoms with E-state index >= 15 is 0 Å². The zero-order valence-corrected chi connectivity index (χ0v) is 11.6. The monoisotopic (exact) mass is 287 g/mol. The molecule has 1 heterocycles. The van der Waals surface area contributed by atoms with Crippen molar-refractivity contribution in [2.24, 2.45) is 5.10 Å². The summed E-state index contributed by atoms with van der Waals surface area (Å²) in [6.45, 7) is 1.94. The highest BCUT2D eigenvalue weighted by atomic mass is 32.1. The van der Waals surface area contributed by atoms with Crippen LogP contribution >= 0.6 is 11.3 Å². The first-order valence-electron chi connectivity index (χ1n) is 5.90. The molecule has 6 heteroatoms. The Morgan fingerprint density at radius 2 is 1.90 bits per heavy atom. The maximum atomic E-state index is 11.6. The summed E-state index contributed by atoms with van der Waals surface area (Å²) in [6, 6.07) is 10.9. The molecule has 2 rings (SSSR count). The van der Waals surface area contributed by atoms with Gasteiger partial charge in [-0.25, -0.2) is 5.43 Å². The molecular formula is C14H13N3O2S. The van der Waals surface area contributed by atoms with Gasteiger partial charge in [0.25, 0.3) is 0 Å². The molecular weight excluding hydrogens is 274 g/mol. The molecule has 0 aliphatic carbocycles. The highest BCUT2D eigenvalue weighted by molar-refractivity contribution is 7.11. The van der Waals surface area contributed by atoms with Crippen LogP contribution < -0.4 is 10.7 Å². The van der Waals surface area contributed by atoms with Crippen molar-refractivity contribution in [3.63, 3.8) is 0 Å². The molecule has 1 aromatic heterocycles. The number of nitrogens with one attached hydrogen (secondary N) is 2. The van der Waals surface area contributed by atoms with E-state index in [9.17, 15) is 9.59 Å². The highest BCUT2D eigenvalue weighted by Crippen LogP contribution is 2.08. The SMILES string of the molecule is Cc1ccc(NC(=O)C(=O)N/N=C/c2cccs2)cc1. The summed E-state index contributed by atoms with van der Waals surface area (Å²) in [7, 11) is 0. The summed E-state index contributed by atoms with van der Waals surface area (Å²) in [5, 5.41) is 8.10. The molecule has 0 saturated carbocycles. The third-order valence-corrected chi connectivity index (χ3v) is 3.22. The molecule has 0 spiro atoms. The maximum Gasteiger partial charge on any atom is 0.329 e. The Kier molecular flexibility index (Phi) is 4.62. The molecule has 0 aliphatic rings. The normalized spacial score (nSPS) is 10.4. The average molecular weight is 287 g/mol. The fourth-order valence-corrected chi connectivity index (χ4v) is 1.98. The van der Waals surface area contributed by atoms with E-state index in [4.69, 9.17) is 0 Å². The molecule has 0 bridgehead atoms. The summed E-state index contributed by atoms with van der Waals surface area (Å²) in [5.74, 6) is -1.56. The number of rotatable bonds is 3. The van der Waals surface area contributed by atoms with Gasteiger partial charge in [0.05, 0.1) is 6.21 Å². The lowest BCUT2D eigenvalue weighted by Gasteiger charge is -2.03. The highest BCUT2D eigenvalue weighted by Gasteiger charge is 2.12. The Bertz CT molecular complexity index is 618. The van der Waals surface area contributed by atoms with Crippen LogP contribution in [0, 0.1) is 6.92 Å². The fourth-order valence-electron chi connectivity index (χ4n) is 1.39. The average Bonchev–Trinajstić information content (AvgIpc) is 2.94. The quantitative estimate of drug-likeness (QED) is 0.516. The van der Waals surface area contributed by atoms with Gasteiger partial charge in [0.2, 0.25) is 0 Å². The Hall–Kier alpha value is -2.47. The first-order valence-corrected chi connectivity index (χ1v) is 6.77. The minimum atomic E-state index is -0.807. The van der Waals surface area contributed by atoms with E-state index in [0.29, 0.717) is 5.69 Å². The van der Waals surface area contributed by atoms with Gasteiger partial charge in [-0.05, 0) is 30.5 Å². The van der Waals surface area contributed by atoms with Crippen LogP contribution in [-0.4, -0.2) is 18.0 Å². The molecule has 1 aromatic carbocycles. The second kappa shape index (κ2) is 6.63. The maximum absolute atomic E-state index is 11.6. The summed E-state index contributed by atoms with van der Waals surface area (Å²) in [4.78, 5) is 24.0. The summed E-state index contributed by atoms with van der Waals surface area (Å²) in [5.41, 5.74) is 3.82. The second-order valence-electron chi connectivity index (χ2n) is 4.03. The Morgan fingerprint density at radius 3 is 2.55 bits per heavy atom. The van der Waals surface area contributed by atoms with Crippen LogP contribution in [0.25, 0.3) is 0 Å². The number of carbonyl (C=O) groups excluding carboxylic acids is 2. The predicted molar refractivity (Wildman–Crippen MR) is 79.9 cm³/mol. The number of hydrazone groups is 1. The fraction of sp³-hybridized carbons (Fsp3) is 0.0714. The minimum Gasteiger partial charge on any atom is -0.318 e. The first kappa shape index (κ1) is 14.0. The summed E-state index contributed by atoms with van der Waals surface area (Å²) >= 11 is 1.49. The number of aryl methyl sites for hydroxylation is 1. The van der Waals surface area contributed by atoms with Crippen LogP contribution in [0.5, 0.6) is 0 Å². The van der Waals surface area contributed by atoms with Crippen LogP contribution in [-0.2, 0) is 9.59 Å². The number of amides is 2. The zero-order chi connectivity index (χ0) is 14.4. The second-order valence-corrected chi connectivity index (χ2v) is 5.01. The number of nitrogens with zero attached hydrogens (tertiary/aromatic N) is 1. The standard InChI is InChI=1S/C14H13N3O2S/c1-10-4-6-11(7-5-10)16-13(18)14(19)17-15-9-12-3-2-8-20-12/h2-9H,1H3,(H,16,18)(H,17,19)/b15-9+. The van der Waals surface area contributed by atoms with Crippen LogP contribution in [0.4, 0.5) is 5.69 Å². The molecule has 0 atom stereocenters. The predicted octanol–water partition coefficient (Wildman–Crippen LogP) is 2.15. The van der Waals surface area contributed by atoms with Crippen molar-refractivity contribution in [2.75, 3.05) is 5.32 Å². The van der Waals surface area contributed by atoms with Crippen LogP contribution in [0.3, 0.4) is 0 Å². The summed E-state index contributed by atoms with van der Waals surface area (Å²) < 4.78 is 0. The van der Waals surface area contributed by atoms with Crippen molar-refractivity contribution in [1.82, 2.24) is 5.43 Å². The van der Waals surface area contributed by atoms with Crippen molar-refractivity contribution < 1.29 is 9.59 Å². The molecule has 20 heavy (non-hydrogen) atoms. The molecule has 0 fully saturated rings.